The Labute approximate surface area is 95.8 Å². The van der Waals surface area contributed by atoms with E-state index in [1.54, 1.807) is 0 Å². The van der Waals surface area contributed by atoms with Crippen LogP contribution in [0.3, 0.4) is 0 Å². The van der Waals surface area contributed by atoms with E-state index < -0.39 is 19.1 Å². The Balaban J connectivity index is 2.27. The minimum Gasteiger partial charge on any atom is -0.390 e. The summed E-state index contributed by atoms with van der Waals surface area (Å²) in [6.07, 6.45) is 2.10. The van der Waals surface area contributed by atoms with Crippen molar-refractivity contribution in [3.63, 3.8) is 0 Å². The average Bonchev–Trinajstić information content (AvgIpc) is 2.27. The molecule has 96 valence electrons. The van der Waals surface area contributed by atoms with Crippen molar-refractivity contribution in [2.24, 2.45) is 5.92 Å². The number of halogens is 2. The molecule has 0 amide bonds. The van der Waals surface area contributed by atoms with Crippen LogP contribution in [-0.2, 0) is 0 Å². The highest BCUT2D eigenvalue weighted by atomic mass is 19.3. The van der Waals surface area contributed by atoms with E-state index in [4.69, 9.17) is 5.11 Å². The maximum absolute atomic E-state index is 12.8. The molecule has 1 saturated heterocycles. The molecule has 1 rings (SSSR count). The van der Waals surface area contributed by atoms with Crippen LogP contribution in [0.1, 0.15) is 19.8 Å². The zero-order valence-corrected chi connectivity index (χ0v) is 10.0. The van der Waals surface area contributed by atoms with Gasteiger partial charge in [0.25, 0.3) is 5.92 Å². The number of piperidine rings is 1. The van der Waals surface area contributed by atoms with Gasteiger partial charge in [-0.1, -0.05) is 0 Å². The predicted octanol–water partition coefficient (Wildman–Crippen LogP) is 0.934. The van der Waals surface area contributed by atoms with Gasteiger partial charge >= 0.3 is 0 Å². The SMILES string of the molecule is CC(NCC(F)(F)CO)C1CCN(C)CC1. The second-order valence-corrected chi connectivity index (χ2v) is 4.82. The van der Waals surface area contributed by atoms with E-state index in [-0.39, 0.29) is 6.04 Å². The third-order valence-corrected chi connectivity index (χ3v) is 3.38. The van der Waals surface area contributed by atoms with Gasteiger partial charge in [0.1, 0.15) is 6.61 Å². The highest BCUT2D eigenvalue weighted by Crippen LogP contribution is 2.20. The first-order chi connectivity index (χ1) is 7.44. The Kier molecular flexibility index (Phi) is 5.08. The molecule has 1 aliphatic heterocycles. The molecule has 0 bridgehead atoms. The molecule has 0 aromatic rings. The molecule has 0 spiro atoms. The predicted molar refractivity (Wildman–Crippen MR) is 59.7 cm³/mol. The summed E-state index contributed by atoms with van der Waals surface area (Å²) in [5.41, 5.74) is 0. The Morgan fingerprint density at radius 1 is 1.44 bits per heavy atom. The van der Waals surface area contributed by atoms with Crippen LogP contribution < -0.4 is 5.32 Å². The van der Waals surface area contributed by atoms with Crippen LogP contribution in [0.5, 0.6) is 0 Å². The molecule has 5 heteroatoms. The molecule has 1 aliphatic rings. The highest BCUT2D eigenvalue weighted by molar-refractivity contribution is 4.80. The van der Waals surface area contributed by atoms with Gasteiger partial charge in [0.2, 0.25) is 0 Å². The first-order valence-electron chi connectivity index (χ1n) is 5.85. The molecule has 1 fully saturated rings. The smallest absolute Gasteiger partial charge is 0.282 e. The summed E-state index contributed by atoms with van der Waals surface area (Å²) in [6, 6.07) is 0.0890. The summed E-state index contributed by atoms with van der Waals surface area (Å²) in [5.74, 6) is -2.54. The Morgan fingerprint density at radius 2 is 2.00 bits per heavy atom. The molecular weight excluding hydrogens is 214 g/mol. The number of aliphatic hydroxyl groups excluding tert-OH is 1. The molecular formula is C11H22F2N2O. The third kappa shape index (κ3) is 4.31. The van der Waals surface area contributed by atoms with Crippen LogP contribution in [0.4, 0.5) is 8.78 Å². The van der Waals surface area contributed by atoms with Crippen molar-refractivity contribution < 1.29 is 13.9 Å². The average molecular weight is 236 g/mol. The molecule has 0 aromatic heterocycles. The maximum Gasteiger partial charge on any atom is 0.282 e. The maximum atomic E-state index is 12.8. The summed E-state index contributed by atoms with van der Waals surface area (Å²) in [4.78, 5) is 2.26. The van der Waals surface area contributed by atoms with Gasteiger partial charge < -0.3 is 15.3 Å². The van der Waals surface area contributed by atoms with E-state index in [2.05, 4.69) is 17.3 Å². The molecule has 0 aromatic carbocycles. The minimum atomic E-state index is -3.00. The Hall–Kier alpha value is -0.260. The van der Waals surface area contributed by atoms with E-state index in [0.717, 1.165) is 25.9 Å². The molecule has 1 atom stereocenters. The highest BCUT2D eigenvalue weighted by Gasteiger charge is 2.29. The summed E-state index contributed by atoms with van der Waals surface area (Å²) in [6.45, 7) is 2.50. The van der Waals surface area contributed by atoms with Gasteiger partial charge in [-0.3, -0.25) is 0 Å². The topological polar surface area (TPSA) is 35.5 Å². The van der Waals surface area contributed by atoms with E-state index in [1.165, 1.54) is 0 Å². The van der Waals surface area contributed by atoms with E-state index in [9.17, 15) is 8.78 Å². The molecule has 3 nitrogen and oxygen atoms in total. The van der Waals surface area contributed by atoms with Crippen LogP contribution >= 0.6 is 0 Å². The lowest BCUT2D eigenvalue weighted by molar-refractivity contribution is -0.0505. The van der Waals surface area contributed by atoms with Gasteiger partial charge in [-0.2, -0.15) is 0 Å². The number of aliphatic hydroxyl groups is 1. The number of rotatable bonds is 5. The van der Waals surface area contributed by atoms with Crippen LogP contribution in [0.2, 0.25) is 0 Å². The standard InChI is InChI=1S/C11H22F2N2O/c1-9(14-7-11(12,13)8-16)10-3-5-15(2)6-4-10/h9-10,14,16H,3-8H2,1-2H3. The van der Waals surface area contributed by atoms with Crippen molar-refractivity contribution in [2.45, 2.75) is 31.7 Å². The van der Waals surface area contributed by atoms with Gasteiger partial charge in [0, 0.05) is 6.04 Å². The lowest BCUT2D eigenvalue weighted by Crippen LogP contribution is -2.45. The first kappa shape index (κ1) is 13.8. The van der Waals surface area contributed by atoms with Crippen molar-refractivity contribution in [1.29, 1.82) is 0 Å². The number of alkyl halides is 2. The quantitative estimate of drug-likeness (QED) is 0.745. The number of nitrogens with zero attached hydrogens (tertiary/aromatic N) is 1. The van der Waals surface area contributed by atoms with Gasteiger partial charge in [-0.25, -0.2) is 8.78 Å². The van der Waals surface area contributed by atoms with Gasteiger partial charge in [0.15, 0.2) is 0 Å². The molecule has 1 heterocycles. The fourth-order valence-electron chi connectivity index (χ4n) is 2.06. The van der Waals surface area contributed by atoms with E-state index >= 15 is 0 Å². The largest absolute Gasteiger partial charge is 0.390 e. The first-order valence-corrected chi connectivity index (χ1v) is 5.85. The number of hydrogen-bond acceptors (Lipinski definition) is 3. The van der Waals surface area contributed by atoms with E-state index in [0.29, 0.717) is 5.92 Å². The van der Waals surface area contributed by atoms with Gasteiger partial charge in [-0.05, 0) is 45.8 Å². The summed E-state index contributed by atoms with van der Waals surface area (Å²) < 4.78 is 25.6. The molecule has 16 heavy (non-hydrogen) atoms. The summed E-state index contributed by atoms with van der Waals surface area (Å²) >= 11 is 0. The normalized spacial score (nSPS) is 22.3. The molecule has 0 radical (unpaired) electrons. The zero-order valence-electron chi connectivity index (χ0n) is 10.0. The molecule has 0 saturated carbocycles. The van der Waals surface area contributed by atoms with Gasteiger partial charge in [-0.15, -0.1) is 0 Å². The Bertz CT molecular complexity index is 206. The number of nitrogens with one attached hydrogen (secondary N) is 1. The molecule has 2 N–H and O–H groups in total. The van der Waals surface area contributed by atoms with Crippen molar-refractivity contribution in [2.75, 3.05) is 33.3 Å². The van der Waals surface area contributed by atoms with Crippen LogP contribution in [0, 0.1) is 5.92 Å². The second kappa shape index (κ2) is 5.89. The van der Waals surface area contributed by atoms with Gasteiger partial charge in [0.05, 0.1) is 6.54 Å². The number of hydrogen-bond donors (Lipinski definition) is 2. The second-order valence-electron chi connectivity index (χ2n) is 4.82. The lowest BCUT2D eigenvalue weighted by Gasteiger charge is -2.33. The van der Waals surface area contributed by atoms with Crippen molar-refractivity contribution in [3.8, 4) is 0 Å². The van der Waals surface area contributed by atoms with Crippen LogP contribution in [-0.4, -0.2) is 55.3 Å². The summed E-state index contributed by atoms with van der Waals surface area (Å²) in [5, 5.41) is 11.3. The fraction of sp³-hybridized carbons (Fsp3) is 1.00. The zero-order chi connectivity index (χ0) is 12.2. The minimum absolute atomic E-state index is 0.0890. The fourth-order valence-corrected chi connectivity index (χ4v) is 2.06. The summed E-state index contributed by atoms with van der Waals surface area (Å²) in [7, 11) is 2.08. The Morgan fingerprint density at radius 3 is 2.50 bits per heavy atom. The lowest BCUT2D eigenvalue weighted by atomic mass is 9.90. The monoisotopic (exact) mass is 236 g/mol. The van der Waals surface area contributed by atoms with Crippen LogP contribution in [0.25, 0.3) is 0 Å². The molecule has 0 aliphatic carbocycles. The van der Waals surface area contributed by atoms with Crippen molar-refractivity contribution in [1.82, 2.24) is 10.2 Å². The number of likely N-dealkylation sites (tertiary alicyclic amines) is 1. The third-order valence-electron chi connectivity index (χ3n) is 3.38. The molecule has 1 unspecified atom stereocenters. The van der Waals surface area contributed by atoms with Crippen LogP contribution in [0.15, 0.2) is 0 Å². The van der Waals surface area contributed by atoms with Crippen molar-refractivity contribution in [3.05, 3.63) is 0 Å². The van der Waals surface area contributed by atoms with Crippen molar-refractivity contribution >= 4 is 0 Å². The van der Waals surface area contributed by atoms with E-state index in [1.807, 2.05) is 6.92 Å².